The Kier molecular flexibility index (Phi) is 5.37. The maximum atomic E-state index is 11.6. The molecule has 0 aliphatic heterocycles. The Hall–Kier alpha value is -1.54. The summed E-state index contributed by atoms with van der Waals surface area (Å²) in [6.45, 7) is 2.57. The lowest BCUT2D eigenvalue weighted by atomic mass is 10.4. The number of pyridine rings is 1. The van der Waals surface area contributed by atoms with Crippen molar-refractivity contribution in [3.63, 3.8) is 0 Å². The third-order valence-corrected chi connectivity index (χ3v) is 4.23. The van der Waals surface area contributed by atoms with E-state index < -0.39 is 10.0 Å². The molecule has 3 N–H and O–H groups in total. The van der Waals surface area contributed by atoms with Crippen molar-refractivity contribution in [3.05, 3.63) is 12.1 Å². The number of hydrogen-bond donors (Lipinski definition) is 2. The molecule has 0 atom stereocenters. The molecule has 0 aliphatic carbocycles. The van der Waals surface area contributed by atoms with Gasteiger partial charge in [-0.05, 0) is 19.1 Å². The fourth-order valence-electron chi connectivity index (χ4n) is 1.29. The summed E-state index contributed by atoms with van der Waals surface area (Å²) >= 11 is 0. The van der Waals surface area contributed by atoms with E-state index in [-0.39, 0.29) is 12.3 Å². The second-order valence-electron chi connectivity index (χ2n) is 4.05. The van der Waals surface area contributed by atoms with Gasteiger partial charge in [0.05, 0.1) is 18.0 Å². The van der Waals surface area contributed by atoms with Gasteiger partial charge in [-0.15, -0.1) is 0 Å². The van der Waals surface area contributed by atoms with Crippen molar-refractivity contribution in [1.29, 1.82) is 0 Å². The lowest BCUT2D eigenvalue weighted by Crippen LogP contribution is -2.28. The van der Waals surface area contributed by atoms with Crippen LogP contribution < -0.4 is 15.8 Å². The number of nitrogens with zero attached hydrogens (tertiary/aromatic N) is 2. The summed E-state index contributed by atoms with van der Waals surface area (Å²) in [5.41, 5.74) is 6.15. The molecule has 0 unspecified atom stereocenters. The zero-order chi connectivity index (χ0) is 14.5. The SMILES string of the molecule is CCOc1nc(NCCS(=O)(=O)N(C)C)ccc1N. The van der Waals surface area contributed by atoms with Crippen molar-refractivity contribution in [2.75, 3.05) is 44.1 Å². The second kappa shape index (κ2) is 6.58. The van der Waals surface area contributed by atoms with E-state index in [0.717, 1.165) is 0 Å². The van der Waals surface area contributed by atoms with E-state index >= 15 is 0 Å². The van der Waals surface area contributed by atoms with Crippen molar-refractivity contribution in [2.45, 2.75) is 6.92 Å². The van der Waals surface area contributed by atoms with Crippen LogP contribution in [0.15, 0.2) is 12.1 Å². The smallest absolute Gasteiger partial charge is 0.239 e. The van der Waals surface area contributed by atoms with Gasteiger partial charge in [0.2, 0.25) is 15.9 Å². The van der Waals surface area contributed by atoms with Gasteiger partial charge in [0.25, 0.3) is 0 Å². The number of nitrogen functional groups attached to an aromatic ring is 1. The Balaban J connectivity index is 2.61. The highest BCUT2D eigenvalue weighted by Crippen LogP contribution is 2.20. The molecule has 0 spiro atoms. The van der Waals surface area contributed by atoms with Gasteiger partial charge in [-0.25, -0.2) is 12.7 Å². The summed E-state index contributed by atoms with van der Waals surface area (Å²) in [4.78, 5) is 4.16. The highest BCUT2D eigenvalue weighted by atomic mass is 32.2. The average molecular weight is 288 g/mol. The van der Waals surface area contributed by atoms with Crippen LogP contribution in [-0.4, -0.2) is 50.7 Å². The topological polar surface area (TPSA) is 97.5 Å². The van der Waals surface area contributed by atoms with Crippen molar-refractivity contribution in [1.82, 2.24) is 9.29 Å². The quantitative estimate of drug-likeness (QED) is 0.752. The van der Waals surface area contributed by atoms with Crippen LogP contribution in [0.1, 0.15) is 6.92 Å². The Bertz CT molecular complexity index is 517. The molecule has 0 aromatic carbocycles. The lowest BCUT2D eigenvalue weighted by Gasteiger charge is -2.12. The number of aromatic nitrogens is 1. The Morgan fingerprint density at radius 3 is 2.68 bits per heavy atom. The number of nitrogens with two attached hydrogens (primary N) is 1. The molecule has 0 radical (unpaired) electrons. The zero-order valence-electron chi connectivity index (χ0n) is 11.4. The number of ether oxygens (including phenoxy) is 1. The van der Waals surface area contributed by atoms with Crippen LogP contribution in [0.4, 0.5) is 11.5 Å². The Morgan fingerprint density at radius 1 is 1.42 bits per heavy atom. The van der Waals surface area contributed by atoms with Crippen LogP contribution in [0.25, 0.3) is 0 Å². The summed E-state index contributed by atoms with van der Waals surface area (Å²) in [6.07, 6.45) is 0. The van der Waals surface area contributed by atoms with Gasteiger partial charge in [0, 0.05) is 20.6 Å². The highest BCUT2D eigenvalue weighted by Gasteiger charge is 2.13. The molecule has 0 saturated carbocycles. The maximum absolute atomic E-state index is 11.6. The largest absolute Gasteiger partial charge is 0.476 e. The molecule has 8 heteroatoms. The van der Waals surface area contributed by atoms with Crippen LogP contribution >= 0.6 is 0 Å². The number of sulfonamides is 1. The predicted molar refractivity (Wildman–Crippen MR) is 75.8 cm³/mol. The number of anilines is 2. The van der Waals surface area contributed by atoms with Crippen LogP contribution in [0.5, 0.6) is 5.88 Å². The van der Waals surface area contributed by atoms with Crippen molar-refractivity contribution in [3.8, 4) is 5.88 Å². The molecule has 0 aliphatic rings. The minimum atomic E-state index is -3.21. The average Bonchev–Trinajstić information content (AvgIpc) is 2.33. The molecule has 0 amide bonds. The third kappa shape index (κ3) is 4.56. The first-order valence-corrected chi connectivity index (χ1v) is 7.51. The molecule has 0 bridgehead atoms. The fraction of sp³-hybridized carbons (Fsp3) is 0.545. The molecule has 19 heavy (non-hydrogen) atoms. The summed E-state index contributed by atoms with van der Waals surface area (Å²) in [5.74, 6) is 0.880. The maximum Gasteiger partial charge on any atom is 0.239 e. The van der Waals surface area contributed by atoms with Crippen molar-refractivity contribution in [2.24, 2.45) is 0 Å². The van der Waals surface area contributed by atoms with E-state index in [9.17, 15) is 8.42 Å². The first-order chi connectivity index (χ1) is 8.86. The monoisotopic (exact) mass is 288 g/mol. The van der Waals surface area contributed by atoms with Crippen LogP contribution in [0.3, 0.4) is 0 Å². The van der Waals surface area contributed by atoms with Gasteiger partial charge < -0.3 is 15.8 Å². The molecule has 1 aromatic rings. The van der Waals surface area contributed by atoms with Crippen LogP contribution in [-0.2, 0) is 10.0 Å². The molecular formula is C11H20N4O3S. The molecule has 1 aromatic heterocycles. The first kappa shape index (κ1) is 15.5. The predicted octanol–water partition coefficient (Wildman–Crippen LogP) is 0.366. The fourth-order valence-corrected chi connectivity index (χ4v) is 2.02. The highest BCUT2D eigenvalue weighted by molar-refractivity contribution is 7.89. The van der Waals surface area contributed by atoms with E-state index in [1.54, 1.807) is 12.1 Å². The molecule has 0 saturated heterocycles. The third-order valence-electron chi connectivity index (χ3n) is 2.39. The van der Waals surface area contributed by atoms with Crippen molar-refractivity contribution >= 4 is 21.5 Å². The van der Waals surface area contributed by atoms with Gasteiger partial charge in [-0.2, -0.15) is 4.98 Å². The van der Waals surface area contributed by atoms with E-state index in [2.05, 4.69) is 10.3 Å². The minimum Gasteiger partial charge on any atom is -0.476 e. The molecule has 1 heterocycles. The number of rotatable bonds is 7. The Labute approximate surface area is 113 Å². The number of nitrogens with one attached hydrogen (secondary N) is 1. The minimum absolute atomic E-state index is 0.00394. The van der Waals surface area contributed by atoms with E-state index in [1.165, 1.54) is 18.4 Å². The van der Waals surface area contributed by atoms with Crippen LogP contribution in [0.2, 0.25) is 0 Å². The van der Waals surface area contributed by atoms with Gasteiger partial charge in [-0.3, -0.25) is 0 Å². The van der Waals surface area contributed by atoms with Gasteiger partial charge in [0.15, 0.2) is 0 Å². The molecular weight excluding hydrogens is 268 g/mol. The molecule has 108 valence electrons. The summed E-state index contributed by atoms with van der Waals surface area (Å²) in [5, 5.41) is 2.93. The first-order valence-electron chi connectivity index (χ1n) is 5.90. The Morgan fingerprint density at radius 2 is 2.11 bits per heavy atom. The van der Waals surface area contributed by atoms with E-state index in [1.807, 2.05) is 6.92 Å². The zero-order valence-corrected chi connectivity index (χ0v) is 12.2. The summed E-state index contributed by atoms with van der Waals surface area (Å²) in [6, 6.07) is 3.35. The molecule has 0 fully saturated rings. The molecule has 7 nitrogen and oxygen atoms in total. The lowest BCUT2D eigenvalue weighted by molar-refractivity contribution is 0.329. The van der Waals surface area contributed by atoms with E-state index in [0.29, 0.717) is 24.0 Å². The van der Waals surface area contributed by atoms with Gasteiger partial charge in [-0.1, -0.05) is 0 Å². The normalized spacial score (nSPS) is 11.6. The molecule has 1 rings (SSSR count). The van der Waals surface area contributed by atoms with Gasteiger partial charge in [0.1, 0.15) is 5.82 Å². The van der Waals surface area contributed by atoms with Gasteiger partial charge >= 0.3 is 0 Å². The summed E-state index contributed by atoms with van der Waals surface area (Å²) in [7, 11) is -0.202. The second-order valence-corrected chi connectivity index (χ2v) is 6.35. The standard InChI is InChI=1S/C11H20N4O3S/c1-4-18-11-9(12)5-6-10(14-11)13-7-8-19(16,17)15(2)3/h5-6H,4,7-8,12H2,1-3H3,(H,13,14). The van der Waals surface area contributed by atoms with Crippen LogP contribution in [0, 0.1) is 0 Å². The van der Waals surface area contributed by atoms with Crippen molar-refractivity contribution < 1.29 is 13.2 Å². The van der Waals surface area contributed by atoms with E-state index in [4.69, 9.17) is 10.5 Å². The number of hydrogen-bond acceptors (Lipinski definition) is 6. The summed E-state index contributed by atoms with van der Waals surface area (Å²) < 4.78 is 29.6.